The Labute approximate surface area is 161 Å². The monoisotopic (exact) mass is 441 g/mol. The van der Waals surface area contributed by atoms with E-state index < -0.39 is 11.7 Å². The molecule has 0 N–H and O–H groups in total. The average Bonchev–Trinajstić information content (AvgIpc) is 3.03. The van der Waals surface area contributed by atoms with Crippen LogP contribution in [0.15, 0.2) is 58.2 Å². The molecular formula is C18H15BrF3N3S. The van der Waals surface area contributed by atoms with Crippen LogP contribution in [0.5, 0.6) is 0 Å². The number of nitrogens with zero attached hydrogens (tertiary/aromatic N) is 3. The predicted octanol–water partition coefficient (Wildman–Crippen LogP) is 6.04. The predicted molar refractivity (Wildman–Crippen MR) is 99.8 cm³/mol. The molecule has 0 saturated carbocycles. The van der Waals surface area contributed by atoms with E-state index in [1.165, 1.54) is 23.9 Å². The smallest absolute Gasteiger partial charge is 0.302 e. The molecule has 0 bridgehead atoms. The molecule has 0 radical (unpaired) electrons. The van der Waals surface area contributed by atoms with Crippen molar-refractivity contribution in [1.29, 1.82) is 0 Å². The molecule has 0 atom stereocenters. The summed E-state index contributed by atoms with van der Waals surface area (Å²) in [7, 11) is 0. The van der Waals surface area contributed by atoms with Crippen molar-refractivity contribution in [3.63, 3.8) is 0 Å². The molecule has 3 rings (SSSR count). The molecule has 0 aliphatic rings. The molecular weight excluding hydrogens is 427 g/mol. The van der Waals surface area contributed by atoms with Crippen molar-refractivity contribution in [1.82, 2.24) is 14.8 Å². The number of hydrogen-bond acceptors (Lipinski definition) is 3. The highest BCUT2D eigenvalue weighted by molar-refractivity contribution is 9.10. The molecule has 26 heavy (non-hydrogen) atoms. The summed E-state index contributed by atoms with van der Waals surface area (Å²) < 4.78 is 41.4. The van der Waals surface area contributed by atoms with Crippen molar-refractivity contribution >= 4 is 27.7 Å². The van der Waals surface area contributed by atoms with E-state index in [0.717, 1.165) is 21.9 Å². The van der Waals surface area contributed by atoms with Crippen molar-refractivity contribution in [2.24, 2.45) is 0 Å². The summed E-state index contributed by atoms with van der Waals surface area (Å²) in [4.78, 5) is 0. The second kappa shape index (κ2) is 7.84. The highest BCUT2D eigenvalue weighted by Crippen LogP contribution is 2.32. The number of benzene rings is 2. The summed E-state index contributed by atoms with van der Waals surface area (Å²) in [5, 5.41) is 9.15. The first kappa shape index (κ1) is 19.0. The van der Waals surface area contributed by atoms with Gasteiger partial charge in [0.05, 0.1) is 5.56 Å². The molecule has 1 aromatic heterocycles. The molecule has 8 heteroatoms. The van der Waals surface area contributed by atoms with E-state index in [-0.39, 0.29) is 0 Å². The zero-order valence-corrected chi connectivity index (χ0v) is 16.2. The zero-order valence-electron chi connectivity index (χ0n) is 13.8. The van der Waals surface area contributed by atoms with E-state index in [0.29, 0.717) is 23.0 Å². The van der Waals surface area contributed by atoms with Gasteiger partial charge in [0, 0.05) is 22.3 Å². The Hall–Kier alpha value is -1.80. The van der Waals surface area contributed by atoms with Crippen LogP contribution < -0.4 is 0 Å². The minimum atomic E-state index is -4.33. The van der Waals surface area contributed by atoms with Gasteiger partial charge in [0.15, 0.2) is 11.0 Å². The SMILES string of the molecule is CCn1c(SCc2cccc(C(F)(F)F)c2)nnc1-c1ccc(Br)cc1. The van der Waals surface area contributed by atoms with Gasteiger partial charge < -0.3 is 4.57 Å². The lowest BCUT2D eigenvalue weighted by Gasteiger charge is -2.09. The number of halogens is 4. The van der Waals surface area contributed by atoms with Gasteiger partial charge in [-0.25, -0.2) is 0 Å². The molecule has 0 aliphatic carbocycles. The lowest BCUT2D eigenvalue weighted by molar-refractivity contribution is -0.137. The number of thioether (sulfide) groups is 1. The largest absolute Gasteiger partial charge is 0.416 e. The maximum Gasteiger partial charge on any atom is 0.416 e. The highest BCUT2D eigenvalue weighted by Gasteiger charge is 2.30. The molecule has 3 aromatic rings. The van der Waals surface area contributed by atoms with Crippen LogP contribution in [-0.2, 0) is 18.5 Å². The van der Waals surface area contributed by atoms with Gasteiger partial charge in [-0.05, 0) is 30.7 Å². The Kier molecular flexibility index (Phi) is 5.72. The van der Waals surface area contributed by atoms with Crippen LogP contribution in [0.4, 0.5) is 13.2 Å². The lowest BCUT2D eigenvalue weighted by Crippen LogP contribution is -2.05. The number of aromatic nitrogens is 3. The maximum absolute atomic E-state index is 12.8. The Bertz CT molecular complexity index is 891. The molecule has 0 fully saturated rings. The average molecular weight is 442 g/mol. The van der Waals surface area contributed by atoms with Crippen LogP contribution in [0.3, 0.4) is 0 Å². The van der Waals surface area contributed by atoms with Crippen molar-refractivity contribution in [3.8, 4) is 11.4 Å². The second-order valence-corrected chi connectivity index (χ2v) is 7.40. The Morgan fingerprint density at radius 1 is 1.08 bits per heavy atom. The minimum Gasteiger partial charge on any atom is -0.302 e. The fraction of sp³-hybridized carbons (Fsp3) is 0.222. The summed E-state index contributed by atoms with van der Waals surface area (Å²) in [6.07, 6.45) is -4.33. The van der Waals surface area contributed by atoms with E-state index in [4.69, 9.17) is 0 Å². The first-order valence-electron chi connectivity index (χ1n) is 7.86. The Balaban J connectivity index is 1.80. The second-order valence-electron chi connectivity index (χ2n) is 5.54. The summed E-state index contributed by atoms with van der Waals surface area (Å²) in [6.45, 7) is 2.66. The van der Waals surface area contributed by atoms with Crippen molar-refractivity contribution in [2.75, 3.05) is 0 Å². The summed E-state index contributed by atoms with van der Waals surface area (Å²) in [5.74, 6) is 1.13. The van der Waals surface area contributed by atoms with Gasteiger partial charge in [-0.2, -0.15) is 13.2 Å². The van der Waals surface area contributed by atoms with Gasteiger partial charge in [-0.3, -0.25) is 0 Å². The van der Waals surface area contributed by atoms with E-state index in [9.17, 15) is 13.2 Å². The summed E-state index contributed by atoms with van der Waals surface area (Å²) in [6, 6.07) is 13.1. The molecule has 2 aromatic carbocycles. The first-order chi connectivity index (χ1) is 12.4. The topological polar surface area (TPSA) is 30.7 Å². The molecule has 0 amide bonds. The van der Waals surface area contributed by atoms with Crippen molar-refractivity contribution in [2.45, 2.75) is 30.6 Å². The summed E-state index contributed by atoms with van der Waals surface area (Å²) in [5.41, 5.74) is 0.900. The number of hydrogen-bond donors (Lipinski definition) is 0. The Morgan fingerprint density at radius 2 is 1.81 bits per heavy atom. The fourth-order valence-electron chi connectivity index (χ4n) is 2.48. The molecule has 0 aliphatic heterocycles. The van der Waals surface area contributed by atoms with Crippen LogP contribution in [-0.4, -0.2) is 14.8 Å². The van der Waals surface area contributed by atoms with Crippen LogP contribution in [0.2, 0.25) is 0 Å². The van der Waals surface area contributed by atoms with E-state index >= 15 is 0 Å². The van der Waals surface area contributed by atoms with E-state index in [2.05, 4.69) is 26.1 Å². The molecule has 3 nitrogen and oxygen atoms in total. The van der Waals surface area contributed by atoms with Crippen LogP contribution in [0, 0.1) is 0 Å². The zero-order chi connectivity index (χ0) is 18.7. The standard InChI is InChI=1S/C18H15BrF3N3S/c1-2-25-16(13-6-8-15(19)9-7-13)23-24-17(25)26-11-12-4-3-5-14(10-12)18(20,21)22/h3-10H,2,11H2,1H3. The first-order valence-corrected chi connectivity index (χ1v) is 9.64. The summed E-state index contributed by atoms with van der Waals surface area (Å²) >= 11 is 4.78. The Morgan fingerprint density at radius 3 is 2.46 bits per heavy atom. The molecule has 1 heterocycles. The van der Waals surface area contributed by atoms with Crippen LogP contribution in [0.25, 0.3) is 11.4 Å². The van der Waals surface area contributed by atoms with Crippen LogP contribution in [0.1, 0.15) is 18.1 Å². The quantitative estimate of drug-likeness (QED) is 0.452. The minimum absolute atomic E-state index is 0.391. The van der Waals surface area contributed by atoms with Gasteiger partial charge in [-0.1, -0.05) is 58.0 Å². The van der Waals surface area contributed by atoms with Gasteiger partial charge in [-0.15, -0.1) is 10.2 Å². The highest BCUT2D eigenvalue weighted by atomic mass is 79.9. The maximum atomic E-state index is 12.8. The normalized spacial score (nSPS) is 11.7. The van der Waals surface area contributed by atoms with Crippen LogP contribution >= 0.6 is 27.7 Å². The van der Waals surface area contributed by atoms with Gasteiger partial charge in [0.25, 0.3) is 0 Å². The fourth-order valence-corrected chi connectivity index (χ4v) is 3.69. The third-order valence-corrected chi connectivity index (χ3v) is 5.32. The molecule has 0 unspecified atom stereocenters. The van der Waals surface area contributed by atoms with Gasteiger partial charge >= 0.3 is 6.18 Å². The van der Waals surface area contributed by atoms with Gasteiger partial charge in [0.1, 0.15) is 0 Å². The van der Waals surface area contributed by atoms with Gasteiger partial charge in [0.2, 0.25) is 0 Å². The number of rotatable bonds is 5. The molecule has 136 valence electrons. The van der Waals surface area contributed by atoms with Crippen molar-refractivity contribution in [3.05, 3.63) is 64.1 Å². The number of alkyl halides is 3. The van der Waals surface area contributed by atoms with Crippen molar-refractivity contribution < 1.29 is 13.2 Å². The third kappa shape index (κ3) is 4.29. The molecule has 0 saturated heterocycles. The third-order valence-electron chi connectivity index (χ3n) is 3.76. The molecule has 0 spiro atoms. The van der Waals surface area contributed by atoms with E-state index in [1.54, 1.807) is 6.07 Å². The van der Waals surface area contributed by atoms with E-state index in [1.807, 2.05) is 35.8 Å². The lowest BCUT2D eigenvalue weighted by atomic mass is 10.1.